The molecule has 1 heterocycles. The van der Waals surface area contributed by atoms with Crippen LogP contribution < -0.4 is 0 Å². The minimum Gasteiger partial charge on any atom is -0.309 e. The quantitative estimate of drug-likeness (QED) is 0.152. The second-order valence-electron chi connectivity index (χ2n) is 17.9. The van der Waals surface area contributed by atoms with Gasteiger partial charge in [0.05, 0.1) is 11.0 Å². The molecule has 1 heteroatoms. The third-order valence-corrected chi connectivity index (χ3v) is 14.3. The van der Waals surface area contributed by atoms with E-state index in [9.17, 15) is 0 Å². The zero-order valence-electron chi connectivity index (χ0n) is 36.6. The first-order chi connectivity index (χ1) is 33.2. The number of nitrogens with zero attached hydrogens (tertiary/aromatic N) is 1. The van der Waals surface area contributed by atoms with Crippen molar-refractivity contribution in [1.82, 2.24) is 4.57 Å². The summed E-state index contributed by atoms with van der Waals surface area (Å²) >= 11 is 0. The molecule has 14 rings (SSSR count). The zero-order valence-corrected chi connectivity index (χ0v) is 36.6. The lowest BCUT2D eigenvalue weighted by atomic mass is 9.82. The molecule has 0 saturated carbocycles. The molecule has 0 atom stereocenters. The second kappa shape index (κ2) is 14.9. The zero-order chi connectivity index (χ0) is 44.0. The largest absolute Gasteiger partial charge is 0.309 e. The molecule has 14 aromatic rings. The van der Waals surface area contributed by atoms with Gasteiger partial charge in [-0.3, -0.25) is 0 Å². The predicted octanol–water partition coefficient (Wildman–Crippen LogP) is 18.4. The molecule has 0 unspecified atom stereocenters. The fourth-order valence-corrected chi connectivity index (χ4v) is 11.4. The van der Waals surface area contributed by atoms with Crippen LogP contribution in [0.25, 0.3) is 137 Å². The number of fused-ring (bicyclic) bond motifs is 9. The van der Waals surface area contributed by atoms with Crippen molar-refractivity contribution in [2.75, 3.05) is 0 Å². The Hall–Kier alpha value is -8.78. The lowest BCUT2D eigenvalue weighted by Crippen LogP contribution is -1.95. The summed E-state index contributed by atoms with van der Waals surface area (Å²) in [6, 6.07) is 92.3. The standard InChI is InChI=1S/C66H41N/c1-3-17-45-39-47(31-29-42(45)15-1)64-57-25-9-10-26-58(57)66(48-32-30-43-16-2-4-18-46(43)40-48)60-41-49(35-38-59(60)64)65-55-23-7-5-21-53(55)63(54-22-6-8-24-56(54)65)44-33-36-50(37-34-44)67-61-27-13-11-19-51(61)52-20-12-14-28-62(52)67/h1-41H. The summed E-state index contributed by atoms with van der Waals surface area (Å²) in [6.07, 6.45) is 0. The third kappa shape index (κ3) is 5.81. The molecule has 67 heavy (non-hydrogen) atoms. The van der Waals surface area contributed by atoms with E-state index in [0.29, 0.717) is 0 Å². The number of rotatable bonds is 5. The van der Waals surface area contributed by atoms with Crippen molar-refractivity contribution in [2.45, 2.75) is 0 Å². The first kappa shape index (κ1) is 37.6. The Bertz CT molecular complexity index is 4210. The summed E-state index contributed by atoms with van der Waals surface area (Å²) < 4.78 is 2.40. The van der Waals surface area contributed by atoms with Crippen molar-refractivity contribution in [3.63, 3.8) is 0 Å². The minimum absolute atomic E-state index is 1.15. The summed E-state index contributed by atoms with van der Waals surface area (Å²) in [4.78, 5) is 0. The molecule has 0 aliphatic rings. The normalized spacial score (nSPS) is 11.9. The smallest absolute Gasteiger partial charge is 0.0541 e. The van der Waals surface area contributed by atoms with E-state index in [1.165, 1.54) is 131 Å². The highest BCUT2D eigenvalue weighted by atomic mass is 15.0. The molecular weight excluding hydrogens is 807 g/mol. The number of hydrogen-bond acceptors (Lipinski definition) is 0. The van der Waals surface area contributed by atoms with E-state index in [0.717, 1.165) is 5.69 Å². The van der Waals surface area contributed by atoms with Gasteiger partial charge in [-0.25, -0.2) is 0 Å². The molecule has 0 saturated heterocycles. The molecule has 0 radical (unpaired) electrons. The van der Waals surface area contributed by atoms with Gasteiger partial charge < -0.3 is 4.57 Å². The number of para-hydroxylation sites is 2. The Morgan fingerprint density at radius 3 is 0.970 bits per heavy atom. The highest BCUT2D eigenvalue weighted by Gasteiger charge is 2.22. The fourth-order valence-electron chi connectivity index (χ4n) is 11.4. The van der Waals surface area contributed by atoms with Gasteiger partial charge >= 0.3 is 0 Å². The Balaban J connectivity index is 1.02. The Morgan fingerprint density at radius 2 is 0.507 bits per heavy atom. The topological polar surface area (TPSA) is 4.93 Å². The first-order valence-electron chi connectivity index (χ1n) is 23.2. The highest BCUT2D eigenvalue weighted by Crippen LogP contribution is 2.49. The van der Waals surface area contributed by atoms with Crippen LogP contribution in [0.15, 0.2) is 249 Å². The number of aromatic nitrogens is 1. The Labute approximate surface area is 388 Å². The van der Waals surface area contributed by atoms with Crippen molar-refractivity contribution in [3.8, 4) is 50.2 Å². The molecule has 310 valence electrons. The molecule has 1 nitrogen and oxygen atoms in total. The number of hydrogen-bond donors (Lipinski definition) is 0. The highest BCUT2D eigenvalue weighted by molar-refractivity contribution is 6.25. The second-order valence-corrected chi connectivity index (χ2v) is 17.9. The monoisotopic (exact) mass is 847 g/mol. The molecule has 0 N–H and O–H groups in total. The van der Waals surface area contributed by atoms with Gasteiger partial charge in [0.2, 0.25) is 0 Å². The number of benzene rings is 13. The van der Waals surface area contributed by atoms with Crippen LogP contribution >= 0.6 is 0 Å². The Morgan fingerprint density at radius 1 is 0.194 bits per heavy atom. The van der Waals surface area contributed by atoms with E-state index in [1.807, 2.05) is 0 Å². The van der Waals surface area contributed by atoms with Crippen LogP contribution in [0.1, 0.15) is 0 Å². The van der Waals surface area contributed by atoms with Crippen LogP contribution in [0.2, 0.25) is 0 Å². The van der Waals surface area contributed by atoms with Crippen LogP contribution in [-0.4, -0.2) is 4.57 Å². The van der Waals surface area contributed by atoms with Crippen LogP contribution in [-0.2, 0) is 0 Å². The average Bonchev–Trinajstić information content (AvgIpc) is 3.73. The summed E-state index contributed by atoms with van der Waals surface area (Å²) in [5.74, 6) is 0. The lowest BCUT2D eigenvalue weighted by molar-refractivity contribution is 1.18. The average molecular weight is 848 g/mol. The van der Waals surface area contributed by atoms with Crippen LogP contribution in [0.4, 0.5) is 0 Å². The fraction of sp³-hybridized carbons (Fsp3) is 0. The van der Waals surface area contributed by atoms with Gasteiger partial charge in [-0.2, -0.15) is 0 Å². The van der Waals surface area contributed by atoms with Gasteiger partial charge in [0.1, 0.15) is 0 Å². The van der Waals surface area contributed by atoms with E-state index >= 15 is 0 Å². The van der Waals surface area contributed by atoms with E-state index in [-0.39, 0.29) is 0 Å². The van der Waals surface area contributed by atoms with Gasteiger partial charge in [0, 0.05) is 16.5 Å². The molecule has 1 aromatic heterocycles. The van der Waals surface area contributed by atoms with Crippen molar-refractivity contribution in [2.24, 2.45) is 0 Å². The maximum Gasteiger partial charge on any atom is 0.0541 e. The van der Waals surface area contributed by atoms with E-state index < -0.39 is 0 Å². The van der Waals surface area contributed by atoms with Crippen LogP contribution in [0.3, 0.4) is 0 Å². The van der Waals surface area contributed by atoms with Crippen LogP contribution in [0.5, 0.6) is 0 Å². The van der Waals surface area contributed by atoms with E-state index in [2.05, 4.69) is 253 Å². The summed E-state index contributed by atoms with van der Waals surface area (Å²) in [7, 11) is 0. The van der Waals surface area contributed by atoms with Gasteiger partial charge in [-0.1, -0.05) is 206 Å². The molecule has 0 spiro atoms. The molecule has 0 aliphatic carbocycles. The molecular formula is C66H41N. The van der Waals surface area contributed by atoms with Crippen LogP contribution in [0, 0.1) is 0 Å². The van der Waals surface area contributed by atoms with Gasteiger partial charge in [-0.05, 0) is 152 Å². The van der Waals surface area contributed by atoms with Gasteiger partial charge in [0.15, 0.2) is 0 Å². The van der Waals surface area contributed by atoms with Crippen molar-refractivity contribution in [1.29, 1.82) is 0 Å². The maximum atomic E-state index is 2.49. The first-order valence-corrected chi connectivity index (χ1v) is 23.2. The summed E-state index contributed by atoms with van der Waals surface area (Å²) in [6.45, 7) is 0. The predicted molar refractivity (Wildman–Crippen MR) is 288 cm³/mol. The van der Waals surface area contributed by atoms with Gasteiger partial charge in [0.25, 0.3) is 0 Å². The molecule has 0 aliphatic heterocycles. The molecule has 13 aromatic carbocycles. The molecule has 0 amide bonds. The summed E-state index contributed by atoms with van der Waals surface area (Å²) in [5.41, 5.74) is 13.5. The lowest BCUT2D eigenvalue weighted by Gasteiger charge is -2.21. The Kier molecular flexibility index (Phi) is 8.35. The SMILES string of the molecule is c1ccc2cc(-c3c4ccccc4c(-c4ccc5ccccc5c4)c4cc(-c5c6ccccc6c(-c6ccc(-n7c8ccccc8c8ccccc87)cc6)c6ccccc56)ccc34)ccc2c1. The molecule has 0 bridgehead atoms. The summed E-state index contributed by atoms with van der Waals surface area (Å²) in [5, 5.41) is 17.5. The van der Waals surface area contributed by atoms with E-state index in [4.69, 9.17) is 0 Å². The third-order valence-electron chi connectivity index (χ3n) is 14.3. The van der Waals surface area contributed by atoms with Gasteiger partial charge in [-0.15, -0.1) is 0 Å². The van der Waals surface area contributed by atoms with Crippen molar-refractivity contribution < 1.29 is 0 Å². The van der Waals surface area contributed by atoms with E-state index in [1.54, 1.807) is 0 Å². The molecule has 0 fully saturated rings. The van der Waals surface area contributed by atoms with Crippen molar-refractivity contribution in [3.05, 3.63) is 249 Å². The maximum absolute atomic E-state index is 2.49. The minimum atomic E-state index is 1.15. The van der Waals surface area contributed by atoms with Crippen molar-refractivity contribution >= 4 is 86.4 Å².